The lowest BCUT2D eigenvalue weighted by Gasteiger charge is -2.35. The zero-order valence-electron chi connectivity index (χ0n) is 8.27. The summed E-state index contributed by atoms with van der Waals surface area (Å²) in [7, 11) is 1.32. The van der Waals surface area contributed by atoms with Gasteiger partial charge in [-0.15, -0.1) is 0 Å². The number of amides is 1. The van der Waals surface area contributed by atoms with E-state index in [1.165, 1.54) is 14.0 Å². The maximum Gasteiger partial charge on any atom is 0.362 e. The average Bonchev–Trinajstić information content (AvgIpc) is 2.18. The highest BCUT2D eigenvalue weighted by Crippen LogP contribution is 2.55. The van der Waals surface area contributed by atoms with Gasteiger partial charge in [-0.3, -0.25) is 9.36 Å². The second kappa shape index (κ2) is 4.62. The third kappa shape index (κ3) is 2.70. The SMILES string of the molecule is COP(=O)(Cl)N1CCN(C(C)=O)CC1. The van der Waals surface area contributed by atoms with Crippen LogP contribution in [-0.2, 0) is 13.9 Å². The topological polar surface area (TPSA) is 49.9 Å². The van der Waals surface area contributed by atoms with Crippen molar-refractivity contribution >= 4 is 24.0 Å². The minimum absolute atomic E-state index is 0.0338. The van der Waals surface area contributed by atoms with Gasteiger partial charge in [0, 0.05) is 40.2 Å². The molecular weight excluding hydrogens is 227 g/mol. The summed E-state index contributed by atoms with van der Waals surface area (Å²) in [6.45, 7) is 0.473. The Morgan fingerprint density at radius 3 is 2.21 bits per heavy atom. The molecule has 0 aromatic carbocycles. The quantitative estimate of drug-likeness (QED) is 0.680. The van der Waals surface area contributed by atoms with E-state index in [0.29, 0.717) is 26.2 Å². The van der Waals surface area contributed by atoms with Gasteiger partial charge < -0.3 is 9.42 Å². The van der Waals surface area contributed by atoms with Crippen molar-refractivity contribution in [2.75, 3.05) is 33.3 Å². The molecule has 5 nitrogen and oxygen atoms in total. The number of hydrogen-bond donors (Lipinski definition) is 0. The maximum absolute atomic E-state index is 11.6. The van der Waals surface area contributed by atoms with E-state index in [-0.39, 0.29) is 5.91 Å². The second-order valence-electron chi connectivity index (χ2n) is 3.09. The Morgan fingerprint density at radius 2 is 1.86 bits per heavy atom. The molecule has 1 heterocycles. The van der Waals surface area contributed by atoms with Crippen LogP contribution < -0.4 is 0 Å². The Morgan fingerprint density at radius 1 is 1.36 bits per heavy atom. The van der Waals surface area contributed by atoms with Crippen molar-refractivity contribution < 1.29 is 13.9 Å². The number of nitrogens with zero attached hydrogens (tertiary/aromatic N) is 2. The molecule has 1 amide bonds. The average molecular weight is 241 g/mol. The van der Waals surface area contributed by atoms with E-state index in [0.717, 1.165) is 0 Å². The number of hydrogen-bond acceptors (Lipinski definition) is 3. The van der Waals surface area contributed by atoms with Gasteiger partial charge in [0.05, 0.1) is 0 Å². The maximum atomic E-state index is 11.6. The van der Waals surface area contributed by atoms with E-state index in [9.17, 15) is 9.36 Å². The van der Waals surface area contributed by atoms with Gasteiger partial charge >= 0.3 is 6.87 Å². The van der Waals surface area contributed by atoms with Crippen LogP contribution in [0, 0.1) is 0 Å². The molecule has 1 atom stereocenters. The van der Waals surface area contributed by atoms with E-state index >= 15 is 0 Å². The highest BCUT2D eigenvalue weighted by molar-refractivity contribution is 7.83. The molecule has 0 aliphatic carbocycles. The molecule has 0 aromatic rings. The Kier molecular flexibility index (Phi) is 3.95. The number of rotatable bonds is 2. The fourth-order valence-corrected chi connectivity index (χ4v) is 2.71. The summed E-state index contributed by atoms with van der Waals surface area (Å²) in [6.07, 6.45) is 0. The highest BCUT2D eigenvalue weighted by atomic mass is 35.7. The number of halogens is 1. The molecule has 0 bridgehead atoms. The number of carbonyl (C=O) groups excluding carboxylic acids is 1. The van der Waals surface area contributed by atoms with Gasteiger partial charge in [0.25, 0.3) is 0 Å². The first kappa shape index (κ1) is 12.0. The normalized spacial score (nSPS) is 23.2. The first-order valence-corrected chi connectivity index (χ1v) is 6.82. The predicted molar refractivity (Wildman–Crippen MR) is 54.3 cm³/mol. The summed E-state index contributed by atoms with van der Waals surface area (Å²) in [5, 5.41) is 0. The molecule has 1 aliphatic rings. The van der Waals surface area contributed by atoms with Crippen molar-refractivity contribution in [3.8, 4) is 0 Å². The molecule has 0 radical (unpaired) electrons. The number of piperazine rings is 1. The van der Waals surface area contributed by atoms with Gasteiger partial charge in [-0.25, -0.2) is 4.67 Å². The van der Waals surface area contributed by atoms with Gasteiger partial charge in [0.1, 0.15) is 0 Å². The lowest BCUT2D eigenvalue weighted by molar-refractivity contribution is -0.130. The summed E-state index contributed by atoms with van der Waals surface area (Å²) in [4.78, 5) is 12.7. The molecule has 0 saturated carbocycles. The summed E-state index contributed by atoms with van der Waals surface area (Å²) < 4.78 is 17.9. The summed E-state index contributed by atoms with van der Waals surface area (Å²) in [5.74, 6) is 0.0338. The summed E-state index contributed by atoms with van der Waals surface area (Å²) >= 11 is 5.68. The smallest absolute Gasteiger partial charge is 0.340 e. The van der Waals surface area contributed by atoms with Crippen LogP contribution in [0.4, 0.5) is 0 Å². The zero-order valence-corrected chi connectivity index (χ0v) is 9.92. The van der Waals surface area contributed by atoms with Crippen LogP contribution in [0.2, 0.25) is 0 Å². The van der Waals surface area contributed by atoms with E-state index in [4.69, 9.17) is 15.8 Å². The third-order valence-electron chi connectivity index (χ3n) is 2.26. The van der Waals surface area contributed by atoms with Gasteiger partial charge in [0.2, 0.25) is 5.91 Å². The first-order chi connectivity index (χ1) is 6.47. The molecule has 1 rings (SSSR count). The minimum Gasteiger partial charge on any atom is -0.340 e. The molecule has 1 aliphatic heterocycles. The molecule has 1 fully saturated rings. The molecule has 7 heteroatoms. The molecule has 0 aromatic heterocycles. The zero-order chi connectivity index (χ0) is 10.8. The van der Waals surface area contributed by atoms with Crippen LogP contribution in [0.5, 0.6) is 0 Å². The Balaban J connectivity index is 2.51. The van der Waals surface area contributed by atoms with Crippen LogP contribution in [0.3, 0.4) is 0 Å². The number of carbonyl (C=O) groups is 1. The van der Waals surface area contributed by atoms with Crippen molar-refractivity contribution in [3.05, 3.63) is 0 Å². The molecular formula is C7H14ClN2O3P. The Labute approximate surface area is 88.2 Å². The molecule has 14 heavy (non-hydrogen) atoms. The predicted octanol–water partition coefficient (Wildman–Crippen LogP) is 1.14. The Bertz CT molecular complexity index is 266. The first-order valence-electron chi connectivity index (χ1n) is 4.34. The standard InChI is InChI=1S/C7H14ClN2O3P/c1-7(11)9-3-5-10(6-4-9)14(8,12)13-2/h3-6H2,1-2H3. The van der Waals surface area contributed by atoms with Gasteiger partial charge in [-0.2, -0.15) is 0 Å². The monoisotopic (exact) mass is 240 g/mol. The van der Waals surface area contributed by atoms with Crippen molar-refractivity contribution in [2.45, 2.75) is 6.92 Å². The fraction of sp³-hybridized carbons (Fsp3) is 0.857. The van der Waals surface area contributed by atoms with Gasteiger partial charge in [-0.05, 0) is 11.2 Å². The van der Waals surface area contributed by atoms with Crippen molar-refractivity contribution in [1.29, 1.82) is 0 Å². The van der Waals surface area contributed by atoms with Crippen molar-refractivity contribution in [1.82, 2.24) is 9.57 Å². The second-order valence-corrected chi connectivity index (χ2v) is 6.21. The summed E-state index contributed by atoms with van der Waals surface area (Å²) in [5.41, 5.74) is 0. The van der Waals surface area contributed by atoms with Gasteiger partial charge in [-0.1, -0.05) is 0 Å². The van der Waals surface area contributed by atoms with Crippen LogP contribution in [0.25, 0.3) is 0 Å². The van der Waals surface area contributed by atoms with Crippen molar-refractivity contribution in [2.24, 2.45) is 0 Å². The van der Waals surface area contributed by atoms with Crippen LogP contribution in [-0.4, -0.2) is 48.8 Å². The van der Waals surface area contributed by atoms with Crippen LogP contribution in [0.1, 0.15) is 6.92 Å². The lowest BCUT2D eigenvalue weighted by Crippen LogP contribution is -2.46. The van der Waals surface area contributed by atoms with Crippen molar-refractivity contribution in [3.63, 3.8) is 0 Å². The molecule has 1 saturated heterocycles. The van der Waals surface area contributed by atoms with E-state index < -0.39 is 6.87 Å². The van der Waals surface area contributed by atoms with E-state index in [2.05, 4.69) is 0 Å². The molecule has 0 N–H and O–H groups in total. The van der Waals surface area contributed by atoms with E-state index in [1.54, 1.807) is 9.57 Å². The van der Waals surface area contributed by atoms with Crippen LogP contribution >= 0.6 is 18.1 Å². The van der Waals surface area contributed by atoms with E-state index in [1.807, 2.05) is 0 Å². The summed E-state index contributed by atoms with van der Waals surface area (Å²) in [6, 6.07) is 0. The lowest BCUT2D eigenvalue weighted by atomic mass is 10.3. The molecule has 0 spiro atoms. The third-order valence-corrected chi connectivity index (χ3v) is 4.85. The van der Waals surface area contributed by atoms with Gasteiger partial charge in [0.15, 0.2) is 0 Å². The molecule has 1 unspecified atom stereocenters. The van der Waals surface area contributed by atoms with Crippen LogP contribution in [0.15, 0.2) is 0 Å². The minimum atomic E-state index is -3.14. The largest absolute Gasteiger partial charge is 0.362 e. The fourth-order valence-electron chi connectivity index (χ4n) is 1.37. The Hall–Kier alpha value is -0.0900. The molecule has 82 valence electrons. The highest BCUT2D eigenvalue weighted by Gasteiger charge is 2.31.